The van der Waals surface area contributed by atoms with Crippen LogP contribution in [0.5, 0.6) is 5.75 Å². The molecule has 6 heteroatoms. The maximum Gasteiger partial charge on any atom is 0.257 e. The first-order valence-corrected chi connectivity index (χ1v) is 6.87. The summed E-state index contributed by atoms with van der Waals surface area (Å²) in [7, 11) is 1.63. The van der Waals surface area contributed by atoms with Crippen LogP contribution in [0.3, 0.4) is 0 Å². The van der Waals surface area contributed by atoms with Crippen LogP contribution >= 0.6 is 12.4 Å². The van der Waals surface area contributed by atoms with E-state index in [1.54, 1.807) is 18.1 Å². The van der Waals surface area contributed by atoms with Crippen molar-refractivity contribution in [3.05, 3.63) is 53.5 Å². The largest absolute Gasteiger partial charge is 0.497 e. The number of carbonyl (C=O) groups excluding carboxylic acids is 1. The highest BCUT2D eigenvalue weighted by molar-refractivity contribution is 5.94. The Morgan fingerprint density at radius 3 is 2.50 bits per heavy atom. The Kier molecular flexibility index (Phi) is 6.95. The molecule has 0 atom stereocenters. The number of furan rings is 1. The van der Waals surface area contributed by atoms with Gasteiger partial charge in [0.2, 0.25) is 0 Å². The van der Waals surface area contributed by atoms with Crippen molar-refractivity contribution in [2.24, 2.45) is 5.73 Å². The molecule has 0 spiro atoms. The summed E-state index contributed by atoms with van der Waals surface area (Å²) in [5, 5.41) is 0. The first-order chi connectivity index (χ1) is 10.2. The molecule has 0 bridgehead atoms. The molecule has 0 saturated heterocycles. The summed E-state index contributed by atoms with van der Waals surface area (Å²) in [6, 6.07) is 9.37. The topological polar surface area (TPSA) is 68.7 Å². The van der Waals surface area contributed by atoms with E-state index in [0.29, 0.717) is 24.4 Å². The summed E-state index contributed by atoms with van der Waals surface area (Å²) >= 11 is 0. The fourth-order valence-electron chi connectivity index (χ4n) is 2.06. The number of hydrogen-bond donors (Lipinski definition) is 1. The van der Waals surface area contributed by atoms with Gasteiger partial charge >= 0.3 is 0 Å². The van der Waals surface area contributed by atoms with Gasteiger partial charge in [-0.15, -0.1) is 12.4 Å². The lowest BCUT2D eigenvalue weighted by Gasteiger charge is -2.20. The summed E-state index contributed by atoms with van der Waals surface area (Å²) in [5.41, 5.74) is 7.08. The minimum absolute atomic E-state index is 0. The first-order valence-electron chi connectivity index (χ1n) is 6.87. The van der Waals surface area contributed by atoms with E-state index < -0.39 is 0 Å². The Balaban J connectivity index is 0.00000242. The number of methoxy groups -OCH3 is 1. The quantitative estimate of drug-likeness (QED) is 0.887. The van der Waals surface area contributed by atoms with Gasteiger partial charge in [-0.2, -0.15) is 0 Å². The smallest absolute Gasteiger partial charge is 0.257 e. The zero-order chi connectivity index (χ0) is 15.2. The first kappa shape index (κ1) is 18.1. The Morgan fingerprint density at radius 1 is 1.32 bits per heavy atom. The SMILES string of the molecule is CCN(Cc1ccc(OC)cc1)C(=O)c1coc(CN)c1.Cl. The van der Waals surface area contributed by atoms with Gasteiger partial charge in [0.05, 0.1) is 19.2 Å². The van der Waals surface area contributed by atoms with Gasteiger partial charge in [-0.05, 0) is 30.7 Å². The molecule has 1 aromatic carbocycles. The summed E-state index contributed by atoms with van der Waals surface area (Å²) in [5.74, 6) is 1.35. The average Bonchev–Trinajstić information content (AvgIpc) is 3.01. The number of ether oxygens (including phenoxy) is 1. The molecule has 0 radical (unpaired) electrons. The van der Waals surface area contributed by atoms with E-state index in [9.17, 15) is 4.79 Å². The second kappa shape index (κ2) is 8.46. The van der Waals surface area contributed by atoms with Crippen LogP contribution in [-0.4, -0.2) is 24.5 Å². The molecule has 1 amide bonds. The minimum atomic E-state index is -0.0585. The van der Waals surface area contributed by atoms with Gasteiger partial charge in [0, 0.05) is 13.1 Å². The Morgan fingerprint density at radius 2 is 2.00 bits per heavy atom. The molecule has 0 aliphatic carbocycles. The predicted molar refractivity (Wildman–Crippen MR) is 87.3 cm³/mol. The van der Waals surface area contributed by atoms with Gasteiger partial charge in [-0.3, -0.25) is 4.79 Å². The molecule has 120 valence electrons. The summed E-state index contributed by atoms with van der Waals surface area (Å²) < 4.78 is 10.3. The number of nitrogens with two attached hydrogens (primary N) is 1. The molecule has 1 aromatic heterocycles. The predicted octanol–water partition coefficient (Wildman–Crippen LogP) is 2.83. The number of halogens is 1. The lowest BCUT2D eigenvalue weighted by atomic mass is 10.2. The van der Waals surface area contributed by atoms with Gasteiger partial charge in [0.25, 0.3) is 5.91 Å². The van der Waals surface area contributed by atoms with Crippen LogP contribution in [0.15, 0.2) is 41.0 Å². The van der Waals surface area contributed by atoms with E-state index in [1.807, 2.05) is 31.2 Å². The lowest BCUT2D eigenvalue weighted by molar-refractivity contribution is 0.0752. The second-order valence-corrected chi connectivity index (χ2v) is 4.67. The molecule has 2 aromatic rings. The highest BCUT2D eigenvalue weighted by Crippen LogP contribution is 2.15. The molecule has 2 N–H and O–H groups in total. The molecule has 5 nitrogen and oxygen atoms in total. The van der Waals surface area contributed by atoms with Gasteiger partial charge < -0.3 is 19.8 Å². The van der Waals surface area contributed by atoms with Crippen LogP contribution in [-0.2, 0) is 13.1 Å². The molecule has 2 rings (SSSR count). The zero-order valence-corrected chi connectivity index (χ0v) is 13.6. The number of amides is 1. The monoisotopic (exact) mass is 324 g/mol. The van der Waals surface area contributed by atoms with Crippen LogP contribution in [0, 0.1) is 0 Å². The normalized spacial score (nSPS) is 9.95. The Labute approximate surface area is 136 Å². The summed E-state index contributed by atoms with van der Waals surface area (Å²) in [6.45, 7) is 3.40. The van der Waals surface area contributed by atoms with E-state index in [4.69, 9.17) is 14.9 Å². The van der Waals surface area contributed by atoms with Crippen LogP contribution < -0.4 is 10.5 Å². The van der Waals surface area contributed by atoms with Crippen LogP contribution in [0.1, 0.15) is 28.6 Å². The second-order valence-electron chi connectivity index (χ2n) is 4.67. The third-order valence-corrected chi connectivity index (χ3v) is 3.30. The van der Waals surface area contributed by atoms with Gasteiger partial charge in [0.1, 0.15) is 17.8 Å². The molecule has 1 heterocycles. The standard InChI is InChI=1S/C16H20N2O3.ClH/c1-3-18(10-12-4-6-14(20-2)7-5-12)16(19)13-8-15(9-17)21-11-13;/h4-8,11H,3,9-10,17H2,1-2H3;1H. The molecule has 0 saturated carbocycles. The van der Waals surface area contributed by atoms with E-state index in [-0.39, 0.29) is 24.9 Å². The third-order valence-electron chi connectivity index (χ3n) is 3.30. The highest BCUT2D eigenvalue weighted by Gasteiger charge is 2.17. The van der Waals surface area contributed by atoms with Crippen LogP contribution in [0.25, 0.3) is 0 Å². The van der Waals surface area contributed by atoms with Crippen molar-refractivity contribution in [1.82, 2.24) is 4.90 Å². The van der Waals surface area contributed by atoms with Crippen molar-refractivity contribution in [2.75, 3.05) is 13.7 Å². The summed E-state index contributed by atoms with van der Waals surface area (Å²) in [6.07, 6.45) is 1.46. The fraction of sp³-hybridized carbons (Fsp3) is 0.312. The Hall–Kier alpha value is -1.98. The van der Waals surface area contributed by atoms with Gasteiger partial charge in [-0.1, -0.05) is 12.1 Å². The van der Waals surface area contributed by atoms with Crippen molar-refractivity contribution in [3.8, 4) is 5.75 Å². The van der Waals surface area contributed by atoms with Gasteiger partial charge in [-0.25, -0.2) is 0 Å². The number of rotatable bonds is 6. The Bertz CT molecular complexity index is 596. The lowest BCUT2D eigenvalue weighted by Crippen LogP contribution is -2.30. The molecule has 0 aliphatic rings. The van der Waals surface area contributed by atoms with E-state index in [1.165, 1.54) is 6.26 Å². The van der Waals surface area contributed by atoms with Crippen molar-refractivity contribution in [2.45, 2.75) is 20.0 Å². The van der Waals surface area contributed by atoms with E-state index in [2.05, 4.69) is 0 Å². The van der Waals surface area contributed by atoms with E-state index in [0.717, 1.165) is 11.3 Å². The molecule has 0 unspecified atom stereocenters. The molecular weight excluding hydrogens is 304 g/mol. The molecule has 0 aliphatic heterocycles. The number of benzene rings is 1. The average molecular weight is 325 g/mol. The van der Waals surface area contributed by atoms with Crippen molar-refractivity contribution >= 4 is 18.3 Å². The molecular formula is C16H21ClN2O3. The molecule has 22 heavy (non-hydrogen) atoms. The summed E-state index contributed by atoms with van der Waals surface area (Å²) in [4.78, 5) is 14.2. The number of hydrogen-bond acceptors (Lipinski definition) is 4. The third kappa shape index (κ3) is 4.26. The number of carbonyl (C=O) groups is 1. The van der Waals surface area contributed by atoms with Crippen LogP contribution in [0.2, 0.25) is 0 Å². The fourth-order valence-corrected chi connectivity index (χ4v) is 2.06. The maximum absolute atomic E-state index is 12.4. The highest BCUT2D eigenvalue weighted by atomic mass is 35.5. The van der Waals surface area contributed by atoms with Crippen molar-refractivity contribution in [3.63, 3.8) is 0 Å². The maximum atomic E-state index is 12.4. The van der Waals surface area contributed by atoms with Gasteiger partial charge in [0.15, 0.2) is 0 Å². The van der Waals surface area contributed by atoms with E-state index >= 15 is 0 Å². The number of nitrogens with zero attached hydrogens (tertiary/aromatic N) is 1. The zero-order valence-electron chi connectivity index (χ0n) is 12.7. The minimum Gasteiger partial charge on any atom is -0.497 e. The van der Waals surface area contributed by atoms with Crippen molar-refractivity contribution < 1.29 is 13.9 Å². The molecule has 0 fully saturated rings. The van der Waals surface area contributed by atoms with Crippen LogP contribution in [0.4, 0.5) is 0 Å². The van der Waals surface area contributed by atoms with Crippen molar-refractivity contribution in [1.29, 1.82) is 0 Å².